The van der Waals surface area contributed by atoms with Crippen molar-refractivity contribution >= 4 is 5.97 Å². The molecule has 1 aromatic rings. The first-order chi connectivity index (χ1) is 9.67. The Labute approximate surface area is 122 Å². The summed E-state index contributed by atoms with van der Waals surface area (Å²) in [5.41, 5.74) is 0.348. The van der Waals surface area contributed by atoms with Gasteiger partial charge >= 0.3 is 5.97 Å². The summed E-state index contributed by atoms with van der Waals surface area (Å²) >= 11 is 0. The number of pyridine rings is 1. The fourth-order valence-corrected chi connectivity index (χ4v) is 2.14. The highest BCUT2D eigenvalue weighted by atomic mass is 16.4. The van der Waals surface area contributed by atoms with Gasteiger partial charge in [0.25, 0.3) is 0 Å². The lowest BCUT2D eigenvalue weighted by atomic mass is 10.2. The summed E-state index contributed by atoms with van der Waals surface area (Å²) in [6, 6.07) is 3.43. The Morgan fingerprint density at radius 1 is 1.20 bits per heavy atom. The summed E-state index contributed by atoms with van der Waals surface area (Å²) in [6.07, 6.45) is 8.52. The summed E-state index contributed by atoms with van der Waals surface area (Å²) in [4.78, 5) is 13.4. The molecule has 112 valence electrons. The second-order valence-electron chi connectivity index (χ2n) is 5.18. The molecule has 0 unspecified atom stereocenters. The van der Waals surface area contributed by atoms with Crippen molar-refractivity contribution in [2.45, 2.75) is 46.1 Å². The average molecular weight is 279 g/mol. The van der Waals surface area contributed by atoms with E-state index in [0.29, 0.717) is 5.56 Å². The van der Waals surface area contributed by atoms with Crippen molar-refractivity contribution in [3.05, 3.63) is 30.1 Å². The van der Waals surface area contributed by atoms with Gasteiger partial charge in [0, 0.05) is 6.07 Å². The van der Waals surface area contributed by atoms with Gasteiger partial charge in [-0.3, -0.25) is 4.90 Å². The minimum Gasteiger partial charge on any atom is -0.477 e. The van der Waals surface area contributed by atoms with E-state index >= 15 is 0 Å². The van der Waals surface area contributed by atoms with Crippen LogP contribution in [0.25, 0.3) is 0 Å². The molecule has 0 saturated heterocycles. The molecule has 0 amide bonds. The van der Waals surface area contributed by atoms with E-state index in [0.717, 1.165) is 26.2 Å². The highest BCUT2D eigenvalue weighted by Crippen LogP contribution is 1.99. The van der Waals surface area contributed by atoms with Crippen molar-refractivity contribution in [3.63, 3.8) is 0 Å². The zero-order valence-electron chi connectivity index (χ0n) is 12.7. The Morgan fingerprint density at radius 2 is 1.85 bits per heavy atom. The molecule has 0 aliphatic heterocycles. The molecule has 1 N–H and O–H groups in total. The van der Waals surface area contributed by atoms with E-state index < -0.39 is 5.97 Å². The van der Waals surface area contributed by atoms with Crippen molar-refractivity contribution in [1.29, 1.82) is 0 Å². The minimum atomic E-state index is -0.867. The van der Waals surface area contributed by atoms with E-state index in [-0.39, 0.29) is 0 Å². The normalized spacial score (nSPS) is 10.9. The Balaban J connectivity index is 2.52. The van der Waals surface area contributed by atoms with Gasteiger partial charge in [0.05, 0.1) is 6.54 Å². The molecular weight excluding hydrogens is 252 g/mol. The first kappa shape index (κ1) is 16.6. The smallest absolute Gasteiger partial charge is 0.341 e. The van der Waals surface area contributed by atoms with Gasteiger partial charge in [0.2, 0.25) is 0 Å². The lowest BCUT2D eigenvalue weighted by Crippen LogP contribution is -2.41. The molecule has 0 aromatic carbocycles. The van der Waals surface area contributed by atoms with E-state index in [4.69, 9.17) is 5.11 Å². The molecule has 0 spiro atoms. The van der Waals surface area contributed by atoms with Crippen LogP contribution in [0.5, 0.6) is 0 Å². The zero-order valence-corrected chi connectivity index (χ0v) is 12.7. The van der Waals surface area contributed by atoms with Crippen LogP contribution in [-0.2, 0) is 6.54 Å². The van der Waals surface area contributed by atoms with Crippen molar-refractivity contribution in [3.8, 4) is 0 Å². The molecule has 0 aliphatic carbocycles. The minimum absolute atomic E-state index is 0.348. The first-order valence-corrected chi connectivity index (χ1v) is 7.62. The lowest BCUT2D eigenvalue weighted by Gasteiger charge is -2.20. The van der Waals surface area contributed by atoms with Crippen LogP contribution in [0, 0.1) is 0 Å². The first-order valence-electron chi connectivity index (χ1n) is 7.62. The van der Waals surface area contributed by atoms with Gasteiger partial charge in [-0.15, -0.1) is 0 Å². The topological polar surface area (TPSA) is 44.4 Å². The second-order valence-corrected chi connectivity index (χ2v) is 5.18. The van der Waals surface area contributed by atoms with E-state index in [1.807, 2.05) is 10.8 Å². The van der Waals surface area contributed by atoms with Crippen LogP contribution in [0.1, 0.15) is 49.9 Å². The number of hydrogen-bond donors (Lipinski definition) is 1. The third-order valence-electron chi connectivity index (χ3n) is 3.44. The lowest BCUT2D eigenvalue weighted by molar-refractivity contribution is -0.696. The van der Waals surface area contributed by atoms with Gasteiger partial charge in [0.1, 0.15) is 5.56 Å². The summed E-state index contributed by atoms with van der Waals surface area (Å²) < 4.78 is 1.97. The maximum absolute atomic E-state index is 11.0. The van der Waals surface area contributed by atoms with Gasteiger partial charge < -0.3 is 5.11 Å². The van der Waals surface area contributed by atoms with E-state index in [9.17, 15) is 4.79 Å². The number of nitrogens with zero attached hydrogens (tertiary/aromatic N) is 2. The van der Waals surface area contributed by atoms with Crippen LogP contribution < -0.4 is 4.57 Å². The maximum atomic E-state index is 11.0. The highest BCUT2D eigenvalue weighted by Gasteiger charge is 2.11. The molecule has 0 fully saturated rings. The third-order valence-corrected chi connectivity index (χ3v) is 3.44. The van der Waals surface area contributed by atoms with Gasteiger partial charge in [-0.25, -0.2) is 9.36 Å². The summed E-state index contributed by atoms with van der Waals surface area (Å²) in [6.45, 7) is 8.51. The number of aromatic carboxylic acids is 1. The fourth-order valence-electron chi connectivity index (χ4n) is 2.14. The predicted octanol–water partition coefficient (Wildman–Crippen LogP) is 2.57. The molecule has 1 rings (SSSR count). The standard InChI is InChI=1S/C16H26N2O2/c1-3-5-9-17(10-6-4-2)12-13-18-11-7-8-15(14-18)16(19)20/h7-8,11,14H,3-6,9-10,12-13H2,1-2H3/p+1. The zero-order chi connectivity index (χ0) is 14.8. The van der Waals surface area contributed by atoms with Crippen molar-refractivity contribution in [2.24, 2.45) is 0 Å². The molecule has 0 atom stereocenters. The Kier molecular flexibility index (Phi) is 7.88. The predicted molar refractivity (Wildman–Crippen MR) is 79.9 cm³/mol. The molecule has 1 heterocycles. The Hall–Kier alpha value is -1.42. The van der Waals surface area contributed by atoms with E-state index in [1.54, 1.807) is 18.3 Å². The molecule has 0 aliphatic rings. The van der Waals surface area contributed by atoms with Crippen LogP contribution in [-0.4, -0.2) is 35.6 Å². The number of carbonyl (C=O) groups is 1. The number of aromatic nitrogens is 1. The number of carboxylic acid groups (broad SMARTS) is 1. The molecule has 0 radical (unpaired) electrons. The van der Waals surface area contributed by atoms with Crippen LogP contribution >= 0.6 is 0 Å². The SMILES string of the molecule is CCCCN(CCCC)CC[n+]1cccc(C(=O)O)c1. The van der Waals surface area contributed by atoms with E-state index in [2.05, 4.69) is 18.7 Å². The molecule has 1 aromatic heterocycles. The second kappa shape index (κ2) is 9.48. The van der Waals surface area contributed by atoms with Crippen LogP contribution in [0.2, 0.25) is 0 Å². The number of carboxylic acids is 1. The largest absolute Gasteiger partial charge is 0.477 e. The molecule has 4 nitrogen and oxygen atoms in total. The van der Waals surface area contributed by atoms with Gasteiger partial charge in [-0.1, -0.05) is 26.7 Å². The molecular formula is C16H27N2O2+. The fraction of sp³-hybridized carbons (Fsp3) is 0.625. The number of unbranched alkanes of at least 4 members (excludes halogenated alkanes) is 2. The van der Waals surface area contributed by atoms with Gasteiger partial charge in [-0.05, 0) is 32.0 Å². The summed E-state index contributed by atoms with van der Waals surface area (Å²) in [7, 11) is 0. The van der Waals surface area contributed by atoms with Crippen LogP contribution in [0.4, 0.5) is 0 Å². The summed E-state index contributed by atoms with van der Waals surface area (Å²) in [5, 5.41) is 9.00. The molecule has 4 heteroatoms. The number of rotatable bonds is 10. The van der Waals surface area contributed by atoms with Crippen molar-refractivity contribution in [2.75, 3.05) is 19.6 Å². The Morgan fingerprint density at radius 3 is 2.40 bits per heavy atom. The van der Waals surface area contributed by atoms with Crippen LogP contribution in [0.3, 0.4) is 0 Å². The average Bonchev–Trinajstić information content (AvgIpc) is 2.46. The van der Waals surface area contributed by atoms with Gasteiger partial charge in [0.15, 0.2) is 18.9 Å². The maximum Gasteiger partial charge on any atom is 0.341 e. The monoisotopic (exact) mass is 279 g/mol. The van der Waals surface area contributed by atoms with Crippen molar-refractivity contribution < 1.29 is 14.5 Å². The highest BCUT2D eigenvalue weighted by molar-refractivity contribution is 5.86. The van der Waals surface area contributed by atoms with Crippen LogP contribution in [0.15, 0.2) is 24.5 Å². The summed E-state index contributed by atoms with van der Waals surface area (Å²) in [5.74, 6) is -0.867. The number of hydrogen-bond acceptors (Lipinski definition) is 2. The Bertz CT molecular complexity index is 399. The van der Waals surface area contributed by atoms with Gasteiger partial charge in [-0.2, -0.15) is 0 Å². The molecule has 0 bridgehead atoms. The van der Waals surface area contributed by atoms with Crippen molar-refractivity contribution in [1.82, 2.24) is 4.90 Å². The third kappa shape index (κ3) is 6.15. The molecule has 0 saturated carbocycles. The molecule has 20 heavy (non-hydrogen) atoms. The quantitative estimate of drug-likeness (QED) is 0.670. The van der Waals surface area contributed by atoms with E-state index in [1.165, 1.54) is 25.7 Å².